The molecule has 2 rings (SSSR count). The number of rotatable bonds is 14. The summed E-state index contributed by atoms with van der Waals surface area (Å²) in [6.07, 6.45) is 12.9. The van der Waals surface area contributed by atoms with Crippen molar-refractivity contribution in [1.29, 1.82) is 0 Å². The number of carboxylic acid groups (broad SMARTS) is 1. The average molecular weight is 531 g/mol. The van der Waals surface area contributed by atoms with Crippen molar-refractivity contribution in [1.82, 2.24) is 0 Å². The van der Waals surface area contributed by atoms with Gasteiger partial charge in [0.25, 0.3) is 0 Å². The minimum Gasteiger partial charge on any atom is -1.00 e. The number of unbranched alkanes of at least 4 members (excludes halogenated alkanes) is 6. The molecule has 2 N–H and O–H groups in total. The molecule has 1 amide bonds. The highest BCUT2D eigenvalue weighted by Gasteiger charge is 2.28. The second kappa shape index (κ2) is 20.1. The highest BCUT2D eigenvalue weighted by Crippen LogP contribution is 2.23. The lowest BCUT2D eigenvalue weighted by molar-refractivity contribution is -0.932. The third-order valence-corrected chi connectivity index (χ3v) is 6.20. The van der Waals surface area contributed by atoms with Crippen LogP contribution in [-0.4, -0.2) is 55.1 Å². The fourth-order valence-corrected chi connectivity index (χ4v) is 4.34. The summed E-state index contributed by atoms with van der Waals surface area (Å²) in [5, 5.41) is 21.8. The fraction of sp³-hybridized carbons (Fsp3) is 0.731. The molecule has 0 radical (unpaired) electrons. The maximum Gasteiger partial charge on any atom is 0.142 e. The molecule has 1 aromatic rings. The Morgan fingerprint density at radius 1 is 0.970 bits per heavy atom. The Morgan fingerprint density at radius 3 is 2.24 bits per heavy atom. The van der Waals surface area contributed by atoms with Crippen molar-refractivity contribution < 1.29 is 41.2 Å². The van der Waals surface area contributed by atoms with Gasteiger partial charge in [-0.05, 0) is 50.7 Å². The summed E-state index contributed by atoms with van der Waals surface area (Å²) < 4.78 is 6.70. The monoisotopic (exact) mass is 529 g/mol. The Balaban J connectivity index is 0.000000602. The maximum atomic E-state index is 10.4. The number of carbonyl (C=O) groups excluding carboxylic acids is 1. The van der Waals surface area contributed by atoms with Gasteiger partial charge in [0.15, 0.2) is 0 Å². The zero-order valence-corrected chi connectivity index (χ0v) is 22.4. The molecule has 0 aliphatic carbocycles. The number of quaternary nitrogens is 1. The number of nitrogens with one attached hydrogen (secondary N) is 1. The molecule has 0 unspecified atom stereocenters. The topological polar surface area (TPSA) is 81.6 Å². The van der Waals surface area contributed by atoms with Gasteiger partial charge in [0.05, 0.1) is 38.5 Å². The van der Waals surface area contributed by atoms with Gasteiger partial charge >= 0.3 is 0 Å². The predicted octanol–water partition coefficient (Wildman–Crippen LogP) is 1.96. The molecule has 0 bridgehead atoms. The number of amides is 1. The number of ether oxygens (including phenoxy) is 1. The van der Waals surface area contributed by atoms with Crippen LogP contribution in [0.2, 0.25) is 0 Å². The summed E-state index contributed by atoms with van der Waals surface area (Å²) in [6.45, 7) is 10.3. The Hall–Kier alpha value is -1.31. The smallest absolute Gasteiger partial charge is 0.142 e. The van der Waals surface area contributed by atoms with Crippen LogP contribution in [0.15, 0.2) is 24.3 Å². The summed E-state index contributed by atoms with van der Waals surface area (Å²) in [6, 6.07) is 6.92. The zero-order valence-electron chi connectivity index (χ0n) is 20.8. The number of hydrogen-bond acceptors (Lipinski definition) is 4. The average Bonchev–Trinajstić information content (AvgIpc) is 2.79. The number of para-hydroxylation sites is 2. The van der Waals surface area contributed by atoms with Gasteiger partial charge in [0.2, 0.25) is 0 Å². The third kappa shape index (κ3) is 14.5. The quantitative estimate of drug-likeness (QED) is 0.285. The van der Waals surface area contributed by atoms with Crippen LogP contribution in [0.25, 0.3) is 0 Å². The van der Waals surface area contributed by atoms with E-state index in [1.807, 2.05) is 0 Å². The molecular weight excluding hydrogens is 484 g/mol. The molecule has 6 nitrogen and oxygen atoms in total. The molecule has 33 heavy (non-hydrogen) atoms. The molecule has 1 aliphatic rings. The van der Waals surface area contributed by atoms with E-state index in [4.69, 9.17) is 4.74 Å². The van der Waals surface area contributed by atoms with E-state index >= 15 is 0 Å². The molecule has 7 heteroatoms. The fourth-order valence-electron chi connectivity index (χ4n) is 4.34. The number of piperidine rings is 1. The van der Waals surface area contributed by atoms with Gasteiger partial charge in [-0.1, -0.05) is 58.1 Å². The molecule has 1 aliphatic heterocycles. The second-order valence-electron chi connectivity index (χ2n) is 8.90. The normalized spacial score (nSPS) is 14.4. The minimum atomic E-state index is -1.33. The van der Waals surface area contributed by atoms with Crippen LogP contribution in [0.3, 0.4) is 0 Å². The Bertz CT molecular complexity index is 604. The molecule has 0 aromatic heterocycles. The number of nitrogens with zero attached hydrogens (tertiary/aromatic N) is 1. The maximum absolute atomic E-state index is 10.4. The lowest BCUT2D eigenvalue weighted by Gasteiger charge is -2.41. The van der Waals surface area contributed by atoms with Crippen LogP contribution in [-0.2, 0) is 0 Å². The van der Waals surface area contributed by atoms with Gasteiger partial charge in [-0.15, -0.1) is 0 Å². The van der Waals surface area contributed by atoms with Crippen molar-refractivity contribution >= 4 is 11.8 Å². The van der Waals surface area contributed by atoms with Gasteiger partial charge in [-0.2, -0.15) is 0 Å². The largest absolute Gasteiger partial charge is 1.00 e. The molecule has 1 fully saturated rings. The van der Waals surface area contributed by atoms with Crippen LogP contribution in [0.5, 0.6) is 5.75 Å². The lowest BCUT2D eigenvalue weighted by atomic mass is 10.1. The molecule has 1 aromatic carbocycles. The van der Waals surface area contributed by atoms with E-state index in [-0.39, 0.29) is 17.0 Å². The molecule has 1 saturated heterocycles. The number of anilines is 1. The standard InChI is InChI=1S/C14H30NO.C12H17NO3.BrH/c1-2-3-4-5-7-10-15(13-14-16)11-8-6-9-12-15;1-2-3-6-9-16-11-8-5-4-7-10(11)13-12(14)15;/h16H,2-14H2,1H3;4-5,7-8,13H,2-3,6,9H2,1H3,(H,14,15);1H/q+1;;/p-2. The van der Waals surface area contributed by atoms with E-state index in [1.54, 1.807) is 24.3 Å². The molecule has 0 saturated carbocycles. The Kier molecular flexibility index (Phi) is 19.3. The van der Waals surface area contributed by atoms with E-state index in [0.717, 1.165) is 25.8 Å². The highest BCUT2D eigenvalue weighted by atomic mass is 79.9. The summed E-state index contributed by atoms with van der Waals surface area (Å²) in [4.78, 5) is 10.4. The first-order valence-electron chi connectivity index (χ1n) is 12.7. The van der Waals surface area contributed by atoms with Crippen molar-refractivity contribution in [2.24, 2.45) is 0 Å². The van der Waals surface area contributed by atoms with Gasteiger partial charge in [-0.3, -0.25) is 0 Å². The number of carbonyl (C=O) groups is 1. The van der Waals surface area contributed by atoms with Crippen LogP contribution in [0.1, 0.15) is 84.5 Å². The summed E-state index contributed by atoms with van der Waals surface area (Å²) in [5.41, 5.74) is 0.430. The predicted molar refractivity (Wildman–Crippen MR) is 130 cm³/mol. The molecule has 0 spiro atoms. The summed E-state index contributed by atoms with van der Waals surface area (Å²) >= 11 is 0. The summed E-state index contributed by atoms with van der Waals surface area (Å²) in [5.74, 6) is 0.544. The number of benzene rings is 1. The van der Waals surface area contributed by atoms with E-state index in [9.17, 15) is 15.0 Å². The van der Waals surface area contributed by atoms with Crippen LogP contribution < -0.4 is 32.1 Å². The third-order valence-electron chi connectivity index (χ3n) is 6.20. The number of aliphatic hydroxyl groups excluding tert-OH is 1. The number of hydrogen-bond donors (Lipinski definition) is 2. The first kappa shape index (κ1) is 31.7. The first-order chi connectivity index (χ1) is 15.6. The second-order valence-corrected chi connectivity index (χ2v) is 8.90. The van der Waals surface area contributed by atoms with Crippen LogP contribution in [0, 0.1) is 0 Å². The van der Waals surface area contributed by atoms with Crippen LogP contribution in [0.4, 0.5) is 10.5 Å². The van der Waals surface area contributed by atoms with Gasteiger partial charge < -0.3 is 46.5 Å². The first-order valence-corrected chi connectivity index (χ1v) is 12.7. The highest BCUT2D eigenvalue weighted by molar-refractivity contribution is 5.83. The van der Waals surface area contributed by atoms with Gasteiger partial charge in [-0.25, -0.2) is 0 Å². The van der Waals surface area contributed by atoms with Crippen molar-refractivity contribution in [2.45, 2.75) is 84.5 Å². The molecule has 1 heterocycles. The van der Waals surface area contributed by atoms with Crippen molar-refractivity contribution in [3.05, 3.63) is 24.3 Å². The van der Waals surface area contributed by atoms with E-state index < -0.39 is 6.09 Å². The van der Waals surface area contributed by atoms with Gasteiger partial charge in [0, 0.05) is 0 Å². The van der Waals surface area contributed by atoms with E-state index in [1.165, 1.54) is 75.5 Å². The summed E-state index contributed by atoms with van der Waals surface area (Å²) in [7, 11) is 0. The van der Waals surface area contributed by atoms with E-state index in [0.29, 0.717) is 24.7 Å². The minimum absolute atomic E-state index is 0. The molecular formula is C26H46BrN2O4-. The van der Waals surface area contributed by atoms with Crippen molar-refractivity contribution in [3.63, 3.8) is 0 Å². The number of aliphatic hydroxyl groups is 1. The van der Waals surface area contributed by atoms with Crippen molar-refractivity contribution in [2.75, 3.05) is 44.7 Å². The van der Waals surface area contributed by atoms with E-state index in [2.05, 4.69) is 19.2 Å². The Morgan fingerprint density at radius 2 is 1.61 bits per heavy atom. The van der Waals surface area contributed by atoms with Crippen LogP contribution >= 0.6 is 0 Å². The van der Waals surface area contributed by atoms with Gasteiger partial charge in [0.1, 0.15) is 18.4 Å². The molecule has 0 atom stereocenters. The molecule has 192 valence electrons. The number of likely N-dealkylation sites (tertiary alicyclic amines) is 1. The number of halogens is 1. The zero-order chi connectivity index (χ0) is 23.5. The SMILES string of the molecule is CCCCCCC[N+]1(CCO)CCCCC1.CCCCCOc1ccccc1NC(=O)[O-].[Br-]. The van der Waals surface area contributed by atoms with Crippen molar-refractivity contribution in [3.8, 4) is 5.75 Å². The Labute approximate surface area is 212 Å². The lowest BCUT2D eigenvalue weighted by Crippen LogP contribution is -3.00.